The lowest BCUT2D eigenvalue weighted by Gasteiger charge is -2.17. The summed E-state index contributed by atoms with van der Waals surface area (Å²) in [5.41, 5.74) is 6.30. The number of carbonyl (C=O) groups excluding carboxylic acids is 1. The van der Waals surface area contributed by atoms with Crippen molar-refractivity contribution in [2.75, 3.05) is 25.2 Å². The lowest BCUT2D eigenvalue weighted by Crippen LogP contribution is -2.22. The van der Waals surface area contributed by atoms with E-state index < -0.39 is 21.4 Å². The minimum absolute atomic E-state index is 0.0598. The van der Waals surface area contributed by atoms with Crippen molar-refractivity contribution in [3.8, 4) is 5.75 Å². The van der Waals surface area contributed by atoms with Gasteiger partial charge in [-0.1, -0.05) is 0 Å². The molecule has 1 aromatic carbocycles. The number of rotatable bonds is 7. The topological polar surface area (TPSA) is 111 Å². The van der Waals surface area contributed by atoms with Crippen LogP contribution >= 0.6 is 0 Å². The first-order chi connectivity index (χ1) is 11.5. The van der Waals surface area contributed by atoms with Crippen molar-refractivity contribution in [2.24, 2.45) is 4.36 Å². The Labute approximate surface area is 149 Å². The van der Waals surface area contributed by atoms with Gasteiger partial charge in [0.25, 0.3) is 0 Å². The molecule has 0 radical (unpaired) electrons. The van der Waals surface area contributed by atoms with E-state index in [1.807, 2.05) is 0 Å². The van der Waals surface area contributed by atoms with Crippen LogP contribution in [-0.4, -0.2) is 40.5 Å². The molecule has 0 unspecified atom stereocenters. The lowest BCUT2D eigenvalue weighted by molar-refractivity contribution is 0.0607. The molecule has 1 aromatic rings. The van der Waals surface area contributed by atoms with E-state index in [1.165, 1.54) is 6.26 Å². The highest BCUT2D eigenvalue weighted by Crippen LogP contribution is 2.21. The molecule has 0 saturated heterocycles. The Kier molecular flexibility index (Phi) is 7.69. The van der Waals surface area contributed by atoms with Crippen LogP contribution in [-0.2, 0) is 20.2 Å². The number of nitrogen functional groups attached to an aromatic ring is 1. The van der Waals surface area contributed by atoms with E-state index in [9.17, 15) is 9.00 Å². The number of nitrogens with zero attached hydrogens (tertiary/aromatic N) is 1. The van der Waals surface area contributed by atoms with Crippen molar-refractivity contribution in [3.05, 3.63) is 23.8 Å². The maximum Gasteiger partial charge on any atom is 0.442 e. The van der Waals surface area contributed by atoms with Crippen LogP contribution in [0.4, 0.5) is 10.5 Å². The number of anilines is 1. The molecule has 1 rings (SSSR count). The van der Waals surface area contributed by atoms with Gasteiger partial charge < -0.3 is 20.3 Å². The Morgan fingerprint density at radius 2 is 1.96 bits per heavy atom. The van der Waals surface area contributed by atoms with Gasteiger partial charge in [-0.3, -0.25) is 0 Å². The molecule has 25 heavy (non-hydrogen) atoms. The molecule has 142 valence electrons. The van der Waals surface area contributed by atoms with E-state index >= 15 is 0 Å². The van der Waals surface area contributed by atoms with Crippen molar-refractivity contribution >= 4 is 21.5 Å². The van der Waals surface area contributed by atoms with Crippen LogP contribution in [0.5, 0.6) is 5.75 Å². The van der Waals surface area contributed by atoms with Crippen molar-refractivity contribution in [1.82, 2.24) is 0 Å². The monoisotopic (exact) mass is 372 g/mol. The fourth-order valence-corrected chi connectivity index (χ4v) is 3.24. The summed E-state index contributed by atoms with van der Waals surface area (Å²) < 4.78 is 27.0. The molecule has 3 N–H and O–H groups in total. The molecular formula is C17H28N2O5S. The quantitative estimate of drug-likeness (QED) is 0.562. The van der Waals surface area contributed by atoms with Gasteiger partial charge in [0.05, 0.1) is 22.1 Å². The number of hydrogen-bond donors (Lipinski definition) is 2. The van der Waals surface area contributed by atoms with E-state index in [2.05, 4.69) is 4.36 Å². The summed E-state index contributed by atoms with van der Waals surface area (Å²) in [4.78, 5) is 11.8. The number of aliphatic hydroxyl groups excluding tert-OH is 1. The van der Waals surface area contributed by atoms with Crippen LogP contribution in [0.25, 0.3) is 0 Å². The zero-order chi connectivity index (χ0) is 19.1. The standard InChI is InChI=1S/C17H28N2O5S/c1-17(2,3)24-16(21)19-25(4,22)12-13-9-14(18)11-15(10-13)23-8-6-5-7-20/h9-11,20H,5-8,12,18H2,1-4H3/t25-/m1/s1. The Bertz CT molecular complexity index is 703. The van der Waals surface area contributed by atoms with Gasteiger partial charge in [0.1, 0.15) is 11.4 Å². The predicted octanol–water partition coefficient (Wildman–Crippen LogP) is 2.95. The highest BCUT2D eigenvalue weighted by molar-refractivity contribution is 7.92. The minimum Gasteiger partial charge on any atom is -0.494 e. The van der Waals surface area contributed by atoms with Gasteiger partial charge in [0, 0.05) is 24.6 Å². The SMILES string of the molecule is CC(C)(C)OC(=O)N=[S@](C)(=O)Cc1cc(N)cc(OCCCCO)c1. The van der Waals surface area contributed by atoms with Crippen LogP contribution in [0.1, 0.15) is 39.2 Å². The second-order valence-corrected chi connectivity index (χ2v) is 9.25. The number of ether oxygens (including phenoxy) is 2. The van der Waals surface area contributed by atoms with Crippen molar-refractivity contribution in [2.45, 2.75) is 45.0 Å². The predicted molar refractivity (Wildman–Crippen MR) is 99.1 cm³/mol. The third-order valence-electron chi connectivity index (χ3n) is 2.91. The van der Waals surface area contributed by atoms with Gasteiger partial charge in [-0.15, -0.1) is 4.36 Å². The molecule has 0 spiro atoms. The molecule has 0 fully saturated rings. The molecule has 0 saturated carbocycles. The number of aliphatic hydroxyl groups is 1. The molecule has 1 amide bonds. The van der Waals surface area contributed by atoms with Crippen LogP contribution in [0.15, 0.2) is 22.6 Å². The number of amides is 1. The van der Waals surface area contributed by atoms with Crippen molar-refractivity contribution in [3.63, 3.8) is 0 Å². The van der Waals surface area contributed by atoms with E-state index in [0.717, 1.165) is 6.42 Å². The van der Waals surface area contributed by atoms with Crippen LogP contribution < -0.4 is 10.5 Å². The Hall–Kier alpha value is -1.80. The first-order valence-electron chi connectivity index (χ1n) is 8.07. The number of carbonyl (C=O) groups is 1. The summed E-state index contributed by atoms with van der Waals surface area (Å²) in [7, 11) is -2.81. The second kappa shape index (κ2) is 9.05. The van der Waals surface area contributed by atoms with E-state index in [4.69, 9.17) is 20.3 Å². The molecule has 0 heterocycles. The summed E-state index contributed by atoms with van der Waals surface area (Å²) in [5, 5.41) is 8.77. The molecule has 0 aliphatic carbocycles. The molecule has 0 aliphatic heterocycles. The van der Waals surface area contributed by atoms with Gasteiger partial charge in [0.15, 0.2) is 0 Å². The lowest BCUT2D eigenvalue weighted by atomic mass is 10.2. The van der Waals surface area contributed by atoms with E-state index in [0.29, 0.717) is 30.0 Å². The first-order valence-corrected chi connectivity index (χ1v) is 10.2. The maximum absolute atomic E-state index is 12.6. The van der Waals surface area contributed by atoms with Crippen molar-refractivity contribution in [1.29, 1.82) is 0 Å². The summed E-state index contributed by atoms with van der Waals surface area (Å²) in [6, 6.07) is 5.07. The average Bonchev–Trinajstić information content (AvgIpc) is 2.39. The molecule has 8 heteroatoms. The van der Waals surface area contributed by atoms with Crippen LogP contribution in [0.2, 0.25) is 0 Å². The normalized spacial score (nSPS) is 13.8. The first kappa shape index (κ1) is 21.2. The van der Waals surface area contributed by atoms with Gasteiger partial charge in [-0.2, -0.15) is 0 Å². The maximum atomic E-state index is 12.6. The average molecular weight is 372 g/mol. The number of nitrogens with two attached hydrogens (primary N) is 1. The Balaban J connectivity index is 2.85. The van der Waals surface area contributed by atoms with E-state index in [-0.39, 0.29) is 12.4 Å². The van der Waals surface area contributed by atoms with Crippen LogP contribution in [0.3, 0.4) is 0 Å². The van der Waals surface area contributed by atoms with Crippen LogP contribution in [0, 0.1) is 0 Å². The molecule has 0 aliphatic rings. The smallest absolute Gasteiger partial charge is 0.442 e. The van der Waals surface area contributed by atoms with Gasteiger partial charge in [-0.05, 0) is 51.3 Å². The molecule has 7 nitrogen and oxygen atoms in total. The van der Waals surface area contributed by atoms with Gasteiger partial charge >= 0.3 is 6.09 Å². The Morgan fingerprint density at radius 3 is 2.56 bits per heavy atom. The molecular weight excluding hydrogens is 344 g/mol. The summed E-state index contributed by atoms with van der Waals surface area (Å²) in [6.07, 6.45) is 1.94. The minimum atomic E-state index is -2.81. The van der Waals surface area contributed by atoms with Gasteiger partial charge in [-0.25, -0.2) is 9.00 Å². The zero-order valence-electron chi connectivity index (χ0n) is 15.3. The summed E-state index contributed by atoms with van der Waals surface area (Å²) >= 11 is 0. The highest BCUT2D eigenvalue weighted by atomic mass is 32.2. The largest absolute Gasteiger partial charge is 0.494 e. The number of hydrogen-bond acceptors (Lipinski definition) is 6. The van der Waals surface area contributed by atoms with Crippen molar-refractivity contribution < 1.29 is 23.6 Å². The fraction of sp³-hybridized carbons (Fsp3) is 0.588. The molecule has 1 atom stereocenters. The number of unbranched alkanes of at least 4 members (excludes halogenated alkanes) is 1. The summed E-state index contributed by atoms with van der Waals surface area (Å²) in [5.74, 6) is 0.616. The molecule has 0 aromatic heterocycles. The third kappa shape index (κ3) is 9.31. The Morgan fingerprint density at radius 1 is 1.28 bits per heavy atom. The fourth-order valence-electron chi connectivity index (χ4n) is 2.04. The third-order valence-corrected chi connectivity index (χ3v) is 4.31. The van der Waals surface area contributed by atoms with Gasteiger partial charge in [0.2, 0.25) is 0 Å². The second-order valence-electron chi connectivity index (χ2n) is 6.86. The van der Waals surface area contributed by atoms with E-state index in [1.54, 1.807) is 39.0 Å². The highest BCUT2D eigenvalue weighted by Gasteiger charge is 2.17. The number of benzene rings is 1. The molecule has 0 bridgehead atoms. The summed E-state index contributed by atoms with van der Waals surface area (Å²) in [6.45, 7) is 5.73. The zero-order valence-corrected chi connectivity index (χ0v) is 16.1.